The third-order valence-electron chi connectivity index (χ3n) is 1.44. The second kappa shape index (κ2) is 3.58. The van der Waals surface area contributed by atoms with Gasteiger partial charge in [0.1, 0.15) is 10.8 Å². The summed E-state index contributed by atoms with van der Waals surface area (Å²) in [4.78, 5) is 0. The number of aromatic nitrogens is 2. The molecule has 0 bridgehead atoms. The van der Waals surface area contributed by atoms with Crippen LogP contribution >= 0.6 is 23.2 Å². The van der Waals surface area contributed by atoms with Gasteiger partial charge in [-0.2, -0.15) is 5.10 Å². The average Bonchev–Trinajstić information content (AvgIpc) is 2.29. The van der Waals surface area contributed by atoms with E-state index in [1.54, 1.807) is 0 Å². The Morgan fingerprint density at radius 2 is 2.17 bits per heavy atom. The van der Waals surface area contributed by atoms with Crippen molar-refractivity contribution in [3.8, 4) is 0 Å². The molecule has 0 N–H and O–H groups in total. The molecule has 0 aromatic carbocycles. The Bertz CT molecular complexity index is 285. The molecule has 0 fully saturated rings. The minimum absolute atomic E-state index is 0.0493. The Balaban J connectivity index is 3.20. The van der Waals surface area contributed by atoms with Crippen molar-refractivity contribution in [2.24, 2.45) is 7.05 Å². The standard InChI is InChI=1S/C6H6Cl2F2N2/c1-12-5(8)3(2-7)4(11-12)6(9)10/h6H,2H2,1H3. The molecule has 1 heterocycles. The van der Waals surface area contributed by atoms with Crippen molar-refractivity contribution < 1.29 is 8.78 Å². The fourth-order valence-electron chi connectivity index (χ4n) is 0.866. The minimum atomic E-state index is -2.63. The summed E-state index contributed by atoms with van der Waals surface area (Å²) in [5, 5.41) is 3.70. The van der Waals surface area contributed by atoms with E-state index < -0.39 is 6.43 Å². The average molecular weight is 215 g/mol. The molecule has 1 rings (SSSR count). The molecular formula is C6H6Cl2F2N2. The van der Waals surface area contributed by atoms with E-state index in [1.807, 2.05) is 0 Å². The summed E-state index contributed by atoms with van der Waals surface area (Å²) in [5.74, 6) is -0.0493. The normalized spacial score (nSPS) is 11.2. The number of hydrogen-bond donors (Lipinski definition) is 0. The third kappa shape index (κ3) is 1.54. The van der Waals surface area contributed by atoms with Crippen LogP contribution in [0.1, 0.15) is 17.7 Å². The van der Waals surface area contributed by atoms with Gasteiger partial charge in [-0.3, -0.25) is 4.68 Å². The zero-order chi connectivity index (χ0) is 9.30. The molecular weight excluding hydrogens is 209 g/mol. The van der Waals surface area contributed by atoms with Gasteiger partial charge in [-0.1, -0.05) is 11.6 Å². The molecule has 0 aliphatic carbocycles. The Kier molecular flexibility index (Phi) is 2.90. The molecule has 0 unspecified atom stereocenters. The Hall–Kier alpha value is -0.350. The first-order valence-corrected chi connectivity index (χ1v) is 4.04. The van der Waals surface area contributed by atoms with Crippen LogP contribution in [0.25, 0.3) is 0 Å². The number of nitrogens with zero attached hydrogens (tertiary/aromatic N) is 2. The monoisotopic (exact) mass is 214 g/mol. The van der Waals surface area contributed by atoms with Crippen LogP contribution in [-0.4, -0.2) is 9.78 Å². The van der Waals surface area contributed by atoms with Gasteiger partial charge in [-0.15, -0.1) is 11.6 Å². The van der Waals surface area contributed by atoms with E-state index in [0.717, 1.165) is 0 Å². The van der Waals surface area contributed by atoms with Crippen molar-refractivity contribution in [1.29, 1.82) is 0 Å². The predicted octanol–water partition coefficient (Wildman–Crippen LogP) is 2.75. The van der Waals surface area contributed by atoms with Crippen LogP contribution in [0.5, 0.6) is 0 Å². The molecule has 0 amide bonds. The second-order valence-electron chi connectivity index (χ2n) is 2.21. The van der Waals surface area contributed by atoms with E-state index in [1.165, 1.54) is 11.7 Å². The van der Waals surface area contributed by atoms with Gasteiger partial charge in [0.2, 0.25) is 0 Å². The zero-order valence-corrected chi connectivity index (χ0v) is 7.70. The first-order valence-electron chi connectivity index (χ1n) is 3.13. The van der Waals surface area contributed by atoms with Gasteiger partial charge in [0, 0.05) is 12.6 Å². The number of hydrogen-bond acceptors (Lipinski definition) is 1. The summed E-state index contributed by atoms with van der Waals surface area (Å²) < 4.78 is 25.6. The summed E-state index contributed by atoms with van der Waals surface area (Å²) in [7, 11) is 1.49. The smallest absolute Gasteiger partial charge is 0.256 e. The maximum atomic E-state index is 12.2. The molecule has 0 radical (unpaired) electrons. The van der Waals surface area contributed by atoms with Crippen molar-refractivity contribution in [1.82, 2.24) is 9.78 Å². The largest absolute Gasteiger partial charge is 0.282 e. The van der Waals surface area contributed by atoms with Crippen LogP contribution in [0.2, 0.25) is 5.15 Å². The minimum Gasteiger partial charge on any atom is -0.256 e. The highest BCUT2D eigenvalue weighted by atomic mass is 35.5. The van der Waals surface area contributed by atoms with Crippen molar-refractivity contribution in [2.45, 2.75) is 12.3 Å². The summed E-state index contributed by atoms with van der Waals surface area (Å²) >= 11 is 11.1. The van der Waals surface area contributed by atoms with Crippen LogP contribution in [0, 0.1) is 0 Å². The molecule has 2 nitrogen and oxygen atoms in total. The predicted molar refractivity (Wildman–Crippen MR) is 42.7 cm³/mol. The SMILES string of the molecule is Cn1nc(C(F)F)c(CCl)c1Cl. The lowest BCUT2D eigenvalue weighted by molar-refractivity contribution is 0.144. The first kappa shape index (κ1) is 9.74. The van der Waals surface area contributed by atoms with Gasteiger partial charge < -0.3 is 0 Å². The van der Waals surface area contributed by atoms with E-state index >= 15 is 0 Å². The first-order chi connectivity index (χ1) is 5.57. The molecule has 12 heavy (non-hydrogen) atoms. The molecule has 1 aromatic rings. The molecule has 0 aliphatic heterocycles. The van der Waals surface area contributed by atoms with Crippen LogP contribution < -0.4 is 0 Å². The topological polar surface area (TPSA) is 17.8 Å². The lowest BCUT2D eigenvalue weighted by atomic mass is 10.3. The van der Waals surface area contributed by atoms with Crippen molar-refractivity contribution in [2.75, 3.05) is 0 Å². The highest BCUT2D eigenvalue weighted by Gasteiger charge is 2.20. The molecule has 0 spiro atoms. The molecule has 1 aromatic heterocycles. The fourth-order valence-corrected chi connectivity index (χ4v) is 1.40. The van der Waals surface area contributed by atoms with E-state index in [4.69, 9.17) is 23.2 Å². The lowest BCUT2D eigenvalue weighted by Crippen LogP contribution is -1.92. The van der Waals surface area contributed by atoms with Crippen LogP contribution in [0.15, 0.2) is 0 Å². The summed E-state index contributed by atoms with van der Waals surface area (Å²) in [6.07, 6.45) is -2.63. The maximum Gasteiger partial charge on any atom is 0.282 e. The van der Waals surface area contributed by atoms with Gasteiger partial charge in [-0.25, -0.2) is 8.78 Å². The van der Waals surface area contributed by atoms with Crippen LogP contribution in [0.3, 0.4) is 0 Å². The van der Waals surface area contributed by atoms with E-state index in [9.17, 15) is 8.78 Å². The molecule has 68 valence electrons. The van der Waals surface area contributed by atoms with E-state index in [0.29, 0.717) is 0 Å². The van der Waals surface area contributed by atoms with Crippen molar-refractivity contribution in [3.05, 3.63) is 16.4 Å². The van der Waals surface area contributed by atoms with Gasteiger partial charge in [0.25, 0.3) is 6.43 Å². The number of rotatable bonds is 2. The Morgan fingerprint density at radius 1 is 1.58 bits per heavy atom. The van der Waals surface area contributed by atoms with Crippen LogP contribution in [-0.2, 0) is 12.9 Å². The van der Waals surface area contributed by atoms with Crippen molar-refractivity contribution in [3.63, 3.8) is 0 Å². The number of alkyl halides is 3. The Morgan fingerprint density at radius 3 is 2.50 bits per heavy atom. The quantitative estimate of drug-likeness (QED) is 0.693. The maximum absolute atomic E-state index is 12.2. The Labute approximate surface area is 78.1 Å². The van der Waals surface area contributed by atoms with Gasteiger partial charge in [0.15, 0.2) is 0 Å². The highest BCUT2D eigenvalue weighted by Crippen LogP contribution is 2.28. The number of aryl methyl sites for hydroxylation is 1. The van der Waals surface area contributed by atoms with Crippen LogP contribution in [0.4, 0.5) is 8.78 Å². The molecule has 6 heteroatoms. The molecule has 0 atom stereocenters. The summed E-state index contributed by atoms with van der Waals surface area (Å²) in [6, 6.07) is 0. The van der Waals surface area contributed by atoms with Gasteiger partial charge in [0.05, 0.1) is 5.88 Å². The third-order valence-corrected chi connectivity index (χ3v) is 2.18. The van der Waals surface area contributed by atoms with Gasteiger partial charge in [-0.05, 0) is 0 Å². The van der Waals surface area contributed by atoms with Crippen molar-refractivity contribution >= 4 is 23.2 Å². The second-order valence-corrected chi connectivity index (χ2v) is 2.84. The zero-order valence-electron chi connectivity index (χ0n) is 6.19. The van der Waals surface area contributed by atoms with Gasteiger partial charge >= 0.3 is 0 Å². The summed E-state index contributed by atoms with van der Waals surface area (Å²) in [5.41, 5.74) is -0.131. The fraction of sp³-hybridized carbons (Fsp3) is 0.500. The highest BCUT2D eigenvalue weighted by molar-refractivity contribution is 6.31. The molecule has 0 saturated heterocycles. The molecule has 0 saturated carbocycles. The number of halogens is 4. The molecule has 0 aliphatic rings. The lowest BCUT2D eigenvalue weighted by Gasteiger charge is -1.95. The van der Waals surface area contributed by atoms with E-state index in [-0.39, 0.29) is 22.3 Å². The summed E-state index contributed by atoms with van der Waals surface area (Å²) in [6.45, 7) is 0. The van der Waals surface area contributed by atoms with E-state index in [2.05, 4.69) is 5.10 Å².